The highest BCUT2D eigenvalue weighted by Gasteiger charge is 2.32. The zero-order valence-electron chi connectivity index (χ0n) is 22.3. The van der Waals surface area contributed by atoms with Crippen molar-refractivity contribution in [3.05, 3.63) is 71.2 Å². The van der Waals surface area contributed by atoms with Gasteiger partial charge in [0.25, 0.3) is 11.8 Å². The van der Waals surface area contributed by atoms with Gasteiger partial charge in [-0.1, -0.05) is 12.1 Å². The number of thiazole rings is 1. The Labute approximate surface area is 235 Å². The molecular weight excluding hydrogens is 556 g/mol. The van der Waals surface area contributed by atoms with Crippen LogP contribution in [0.3, 0.4) is 0 Å². The second-order valence-corrected chi connectivity index (χ2v) is 10.4. The van der Waals surface area contributed by atoms with Gasteiger partial charge in [-0.25, -0.2) is 4.98 Å². The van der Waals surface area contributed by atoms with Crippen LogP contribution in [0.4, 0.5) is 8.78 Å². The average Bonchev–Trinajstić information content (AvgIpc) is 3.73. The first-order valence-electron chi connectivity index (χ1n) is 12.3. The van der Waals surface area contributed by atoms with Crippen molar-refractivity contribution in [2.45, 2.75) is 19.5 Å². The van der Waals surface area contributed by atoms with Gasteiger partial charge in [0.2, 0.25) is 0 Å². The van der Waals surface area contributed by atoms with E-state index in [1.165, 1.54) is 29.5 Å². The number of nitrogens with zero attached hydrogens (tertiary/aromatic N) is 5. The first kappa shape index (κ1) is 26.4. The van der Waals surface area contributed by atoms with Gasteiger partial charge in [-0.15, -0.1) is 16.4 Å². The molecule has 0 saturated heterocycles. The molecule has 0 aliphatic rings. The number of imidazole rings is 1. The molecule has 6 aromatic rings. The summed E-state index contributed by atoms with van der Waals surface area (Å²) in [6, 6.07) is 12.5. The molecule has 0 aliphatic carbocycles. The van der Waals surface area contributed by atoms with E-state index in [1.807, 2.05) is 17.5 Å². The van der Waals surface area contributed by atoms with Crippen molar-refractivity contribution in [3.8, 4) is 33.5 Å². The standard InChI is InChI=1S/C28H23F2N5O5S/c1-28(29,30)26-33-35-12-20(32-27(35)40-26)23-11-19-21(9-18(37-4)10-22(19)39-23)38-13-17-14-41-24(31-17)15-5-7-16(8-6-15)25(36)34(2)3/h5-12,14H,13H2,1-4H3. The molecule has 0 unspecified atom stereocenters. The molecule has 6 rings (SSSR count). The molecular formula is C28H23F2N5O5S. The second-order valence-electron chi connectivity index (χ2n) is 9.51. The highest BCUT2D eigenvalue weighted by molar-refractivity contribution is 7.13. The van der Waals surface area contributed by atoms with E-state index < -0.39 is 11.8 Å². The Morgan fingerprint density at radius 1 is 1.12 bits per heavy atom. The molecule has 0 spiro atoms. The molecule has 10 nitrogen and oxygen atoms in total. The maximum absolute atomic E-state index is 13.5. The van der Waals surface area contributed by atoms with Gasteiger partial charge in [-0.05, 0) is 18.2 Å². The number of halogens is 2. The lowest BCUT2D eigenvalue weighted by Crippen LogP contribution is -2.21. The minimum absolute atomic E-state index is 0.0640. The molecule has 0 aliphatic heterocycles. The fourth-order valence-electron chi connectivity index (χ4n) is 4.11. The minimum atomic E-state index is -3.22. The number of methoxy groups -OCH3 is 1. The molecule has 1 amide bonds. The third kappa shape index (κ3) is 5.11. The number of aromatic nitrogens is 4. The van der Waals surface area contributed by atoms with E-state index in [4.69, 9.17) is 18.3 Å². The van der Waals surface area contributed by atoms with Crippen LogP contribution in [-0.2, 0) is 12.5 Å². The SMILES string of the molecule is COc1cc(OCc2csc(-c3ccc(C(=O)N(C)C)cc3)n2)c2cc(-c3cn4nc(C(C)(F)F)oc4n3)oc2c1. The molecule has 0 N–H and O–H groups in total. The molecule has 2 aromatic carbocycles. The van der Waals surface area contributed by atoms with E-state index in [2.05, 4.69) is 15.1 Å². The maximum Gasteiger partial charge on any atom is 0.325 e. The largest absolute Gasteiger partial charge is 0.496 e. The van der Waals surface area contributed by atoms with Gasteiger partial charge >= 0.3 is 11.8 Å². The quantitative estimate of drug-likeness (QED) is 0.208. The highest BCUT2D eigenvalue weighted by Crippen LogP contribution is 2.38. The summed E-state index contributed by atoms with van der Waals surface area (Å²) in [5.74, 6) is -2.69. The summed E-state index contributed by atoms with van der Waals surface area (Å²) in [6.45, 7) is 0.887. The number of amides is 1. The number of benzene rings is 2. The third-order valence-corrected chi connectivity index (χ3v) is 7.13. The van der Waals surface area contributed by atoms with Gasteiger partial charge in [-0.3, -0.25) is 4.79 Å². The number of furan rings is 1. The summed E-state index contributed by atoms with van der Waals surface area (Å²) in [6.07, 6.45) is 1.45. The van der Waals surface area contributed by atoms with Gasteiger partial charge in [-0.2, -0.15) is 18.3 Å². The summed E-state index contributed by atoms with van der Waals surface area (Å²) < 4.78 is 50.9. The molecule has 41 heavy (non-hydrogen) atoms. The average molecular weight is 580 g/mol. The van der Waals surface area contributed by atoms with Gasteiger partial charge < -0.3 is 23.2 Å². The van der Waals surface area contributed by atoms with Crippen LogP contribution in [0.5, 0.6) is 11.5 Å². The van der Waals surface area contributed by atoms with E-state index in [0.717, 1.165) is 20.8 Å². The summed E-state index contributed by atoms with van der Waals surface area (Å²) >= 11 is 1.47. The van der Waals surface area contributed by atoms with Crippen molar-refractivity contribution >= 4 is 34.1 Å². The predicted octanol–water partition coefficient (Wildman–Crippen LogP) is 6.26. The first-order valence-corrected chi connectivity index (χ1v) is 13.2. The van der Waals surface area contributed by atoms with Gasteiger partial charge in [0.15, 0.2) is 5.76 Å². The monoisotopic (exact) mass is 579 g/mol. The number of rotatable bonds is 8. The number of carbonyl (C=O) groups excluding carboxylic acids is 1. The summed E-state index contributed by atoms with van der Waals surface area (Å²) in [7, 11) is 4.96. The molecule has 210 valence electrons. The van der Waals surface area contributed by atoms with Crippen LogP contribution in [-0.4, -0.2) is 51.6 Å². The van der Waals surface area contributed by atoms with Crippen molar-refractivity contribution in [2.75, 3.05) is 21.2 Å². The number of hydrogen-bond donors (Lipinski definition) is 0. The molecule has 0 fully saturated rings. The number of fused-ring (bicyclic) bond motifs is 2. The van der Waals surface area contributed by atoms with Crippen LogP contribution < -0.4 is 9.47 Å². The van der Waals surface area contributed by atoms with Gasteiger partial charge in [0.1, 0.15) is 34.4 Å². The topological polar surface area (TPSA) is 108 Å². The van der Waals surface area contributed by atoms with E-state index in [0.29, 0.717) is 46.4 Å². The van der Waals surface area contributed by atoms with Crippen molar-refractivity contribution in [3.63, 3.8) is 0 Å². The van der Waals surface area contributed by atoms with Crippen molar-refractivity contribution in [1.82, 2.24) is 24.5 Å². The molecule has 0 atom stereocenters. The molecule has 0 bridgehead atoms. The summed E-state index contributed by atoms with van der Waals surface area (Å²) in [4.78, 5) is 22.6. The Bertz CT molecular complexity index is 1850. The van der Waals surface area contributed by atoms with Crippen LogP contribution in [0.25, 0.3) is 38.8 Å². The Hall–Kier alpha value is -4.78. The molecule has 4 aromatic heterocycles. The first-order chi connectivity index (χ1) is 19.6. The van der Waals surface area contributed by atoms with E-state index in [1.54, 1.807) is 44.4 Å². The van der Waals surface area contributed by atoms with Crippen LogP contribution >= 0.6 is 11.3 Å². The smallest absolute Gasteiger partial charge is 0.325 e. The Balaban J connectivity index is 1.23. The molecule has 13 heteroatoms. The third-order valence-electron chi connectivity index (χ3n) is 6.19. The molecule has 4 heterocycles. The predicted molar refractivity (Wildman–Crippen MR) is 146 cm³/mol. The van der Waals surface area contributed by atoms with Crippen molar-refractivity contribution in [1.29, 1.82) is 0 Å². The van der Waals surface area contributed by atoms with Gasteiger partial charge in [0, 0.05) is 49.7 Å². The Kier molecular flexibility index (Phi) is 6.45. The fourth-order valence-corrected chi connectivity index (χ4v) is 4.92. The Morgan fingerprint density at radius 3 is 2.59 bits per heavy atom. The zero-order chi connectivity index (χ0) is 28.9. The van der Waals surface area contributed by atoms with Crippen LogP contribution in [0.15, 0.2) is 62.9 Å². The van der Waals surface area contributed by atoms with Crippen molar-refractivity contribution in [2.24, 2.45) is 0 Å². The van der Waals surface area contributed by atoms with Crippen LogP contribution in [0.2, 0.25) is 0 Å². The lowest BCUT2D eigenvalue weighted by Gasteiger charge is -2.10. The summed E-state index contributed by atoms with van der Waals surface area (Å²) in [5.41, 5.74) is 3.06. The second kappa shape index (κ2) is 10.0. The molecule has 0 saturated carbocycles. The van der Waals surface area contributed by atoms with E-state index >= 15 is 0 Å². The normalized spacial score (nSPS) is 11.9. The minimum Gasteiger partial charge on any atom is -0.496 e. The summed E-state index contributed by atoms with van der Waals surface area (Å²) in [5, 5.41) is 7.14. The van der Waals surface area contributed by atoms with Gasteiger partial charge in [0.05, 0.1) is 24.4 Å². The van der Waals surface area contributed by atoms with E-state index in [-0.39, 0.29) is 18.4 Å². The fraction of sp³-hybridized carbons (Fsp3) is 0.214. The number of alkyl halides is 2. The van der Waals surface area contributed by atoms with Crippen molar-refractivity contribution < 1.29 is 31.9 Å². The van der Waals surface area contributed by atoms with Crippen LogP contribution in [0.1, 0.15) is 28.9 Å². The Morgan fingerprint density at radius 2 is 1.90 bits per heavy atom. The zero-order valence-corrected chi connectivity index (χ0v) is 23.2. The molecule has 0 radical (unpaired) electrons. The maximum atomic E-state index is 13.5. The lowest BCUT2D eigenvalue weighted by molar-refractivity contribution is -0.0101. The lowest BCUT2D eigenvalue weighted by atomic mass is 10.1. The van der Waals surface area contributed by atoms with E-state index in [9.17, 15) is 13.6 Å². The number of ether oxygens (including phenoxy) is 2. The highest BCUT2D eigenvalue weighted by atomic mass is 32.1. The number of hydrogen-bond acceptors (Lipinski definition) is 9. The number of carbonyl (C=O) groups is 1. The van der Waals surface area contributed by atoms with Crippen LogP contribution in [0, 0.1) is 0 Å².